The highest BCUT2D eigenvalue weighted by atomic mass is 32.2. The third-order valence-electron chi connectivity index (χ3n) is 3.19. The molecule has 1 aromatic heterocycles. The summed E-state index contributed by atoms with van der Waals surface area (Å²) in [4.78, 5) is 24.1. The maximum absolute atomic E-state index is 12.2. The lowest BCUT2D eigenvalue weighted by atomic mass is 10.3. The van der Waals surface area contributed by atoms with Crippen molar-refractivity contribution in [2.24, 2.45) is 7.05 Å². The summed E-state index contributed by atoms with van der Waals surface area (Å²) in [5, 5.41) is 17.9. The first-order valence-electron chi connectivity index (χ1n) is 7.20. The summed E-state index contributed by atoms with van der Waals surface area (Å²) >= 11 is 1.22. The molecule has 0 spiro atoms. The van der Waals surface area contributed by atoms with Crippen LogP contribution in [0.1, 0.15) is 12.5 Å². The molecule has 2 aromatic rings. The molecule has 0 saturated heterocycles. The first-order chi connectivity index (χ1) is 11.5. The molecule has 1 atom stereocenters. The Balaban J connectivity index is 1.84. The van der Waals surface area contributed by atoms with E-state index in [0.29, 0.717) is 17.1 Å². The average molecular weight is 343 g/mol. The lowest BCUT2D eigenvalue weighted by Gasteiger charge is -2.12. The van der Waals surface area contributed by atoms with Gasteiger partial charge in [0.2, 0.25) is 11.8 Å². The van der Waals surface area contributed by atoms with Crippen LogP contribution in [0.5, 0.6) is 0 Å². The van der Waals surface area contributed by atoms with Crippen molar-refractivity contribution in [3.8, 4) is 6.07 Å². The minimum absolute atomic E-state index is 0.153. The molecule has 24 heavy (non-hydrogen) atoms. The number of nitrogens with one attached hydrogen (secondary N) is 2. The number of para-hydroxylation sites is 1. The van der Waals surface area contributed by atoms with E-state index in [9.17, 15) is 9.59 Å². The molecule has 7 nitrogen and oxygen atoms in total. The Kier molecular flexibility index (Phi) is 5.98. The molecule has 1 unspecified atom stereocenters. The van der Waals surface area contributed by atoms with Crippen LogP contribution in [0.2, 0.25) is 0 Å². The van der Waals surface area contributed by atoms with Gasteiger partial charge in [-0.15, -0.1) is 11.8 Å². The number of hydrogen-bond donors (Lipinski definition) is 2. The highest BCUT2D eigenvalue weighted by molar-refractivity contribution is 8.01. The highest BCUT2D eigenvalue weighted by Crippen LogP contribution is 2.17. The lowest BCUT2D eigenvalue weighted by Crippen LogP contribution is -2.26. The number of aromatic nitrogens is 2. The number of thioether (sulfide) groups is 1. The normalized spacial score (nSPS) is 11.4. The van der Waals surface area contributed by atoms with Gasteiger partial charge in [0.15, 0.2) is 0 Å². The van der Waals surface area contributed by atoms with Crippen molar-refractivity contribution in [1.29, 1.82) is 5.26 Å². The van der Waals surface area contributed by atoms with E-state index in [0.717, 1.165) is 0 Å². The van der Waals surface area contributed by atoms with E-state index in [1.807, 2.05) is 24.3 Å². The summed E-state index contributed by atoms with van der Waals surface area (Å²) in [7, 11) is 1.64. The van der Waals surface area contributed by atoms with E-state index in [2.05, 4.69) is 15.7 Å². The van der Waals surface area contributed by atoms with Gasteiger partial charge >= 0.3 is 0 Å². The topological polar surface area (TPSA) is 99.8 Å². The second-order valence-corrected chi connectivity index (χ2v) is 6.33. The van der Waals surface area contributed by atoms with E-state index in [-0.39, 0.29) is 17.6 Å². The monoisotopic (exact) mass is 343 g/mol. The van der Waals surface area contributed by atoms with Crippen LogP contribution >= 0.6 is 11.8 Å². The minimum Gasteiger partial charge on any atom is -0.325 e. The molecule has 1 aromatic carbocycles. The number of carbonyl (C=O) groups is 2. The molecular weight excluding hydrogens is 326 g/mol. The van der Waals surface area contributed by atoms with Crippen molar-refractivity contribution in [2.45, 2.75) is 12.2 Å². The number of benzene rings is 1. The molecular formula is C16H17N5O2S. The van der Waals surface area contributed by atoms with Crippen LogP contribution in [0.3, 0.4) is 0 Å². The van der Waals surface area contributed by atoms with Gasteiger partial charge in [0.05, 0.1) is 17.2 Å². The van der Waals surface area contributed by atoms with E-state index in [4.69, 9.17) is 5.26 Å². The summed E-state index contributed by atoms with van der Waals surface area (Å²) in [6.07, 6.45) is 1.39. The van der Waals surface area contributed by atoms with Crippen molar-refractivity contribution < 1.29 is 9.59 Å². The number of nitrogens with zero attached hydrogens (tertiary/aromatic N) is 3. The third-order valence-corrected chi connectivity index (χ3v) is 4.33. The fraction of sp³-hybridized carbons (Fsp3) is 0.250. The zero-order valence-corrected chi connectivity index (χ0v) is 14.1. The van der Waals surface area contributed by atoms with Crippen molar-refractivity contribution in [3.05, 3.63) is 42.1 Å². The van der Waals surface area contributed by atoms with Crippen LogP contribution in [0.25, 0.3) is 0 Å². The van der Waals surface area contributed by atoms with E-state index >= 15 is 0 Å². The fourth-order valence-electron chi connectivity index (χ4n) is 1.88. The number of anilines is 2. The largest absolute Gasteiger partial charge is 0.325 e. The summed E-state index contributed by atoms with van der Waals surface area (Å²) in [5.41, 5.74) is 1.01. The van der Waals surface area contributed by atoms with E-state index in [1.165, 1.54) is 22.6 Å². The molecule has 0 saturated carbocycles. The second kappa shape index (κ2) is 8.17. The number of nitriles is 1. The van der Waals surface area contributed by atoms with Crippen LogP contribution in [0.4, 0.5) is 11.5 Å². The molecule has 2 amide bonds. The maximum atomic E-state index is 12.2. The first kappa shape index (κ1) is 17.6. The van der Waals surface area contributed by atoms with Gasteiger partial charge in [0.25, 0.3) is 0 Å². The van der Waals surface area contributed by atoms with Gasteiger partial charge in [-0.25, -0.2) is 0 Å². The third kappa shape index (κ3) is 4.60. The highest BCUT2D eigenvalue weighted by Gasteiger charge is 2.18. The Morgan fingerprint density at radius 1 is 1.33 bits per heavy atom. The number of aryl methyl sites for hydroxylation is 1. The van der Waals surface area contributed by atoms with E-state index < -0.39 is 5.25 Å². The van der Waals surface area contributed by atoms with Gasteiger partial charge in [-0.2, -0.15) is 10.4 Å². The predicted molar refractivity (Wildman–Crippen MR) is 93.5 cm³/mol. The van der Waals surface area contributed by atoms with Crippen molar-refractivity contribution in [3.63, 3.8) is 0 Å². The van der Waals surface area contributed by atoms with Gasteiger partial charge < -0.3 is 10.6 Å². The SMILES string of the molecule is CC(SCC(=O)Nc1ccccc1)C(=O)Nc1c(C#N)cnn1C. The Hall–Kier alpha value is -2.79. The molecule has 0 bridgehead atoms. The summed E-state index contributed by atoms with van der Waals surface area (Å²) in [6.45, 7) is 1.71. The van der Waals surface area contributed by atoms with Crippen LogP contribution in [0, 0.1) is 11.3 Å². The van der Waals surface area contributed by atoms with Gasteiger partial charge in [-0.3, -0.25) is 14.3 Å². The smallest absolute Gasteiger partial charge is 0.238 e. The van der Waals surface area contributed by atoms with Crippen LogP contribution in [-0.2, 0) is 16.6 Å². The number of carbonyl (C=O) groups excluding carboxylic acids is 2. The first-order valence-corrected chi connectivity index (χ1v) is 8.25. The average Bonchev–Trinajstić information content (AvgIpc) is 2.93. The lowest BCUT2D eigenvalue weighted by molar-refractivity contribution is -0.115. The quantitative estimate of drug-likeness (QED) is 0.835. The Labute approximate surface area is 144 Å². The maximum Gasteiger partial charge on any atom is 0.238 e. The Bertz CT molecular complexity index is 767. The summed E-state index contributed by atoms with van der Waals surface area (Å²) < 4.78 is 1.43. The summed E-state index contributed by atoms with van der Waals surface area (Å²) in [6, 6.07) is 11.1. The van der Waals surface area contributed by atoms with Crippen LogP contribution in [0.15, 0.2) is 36.5 Å². The molecule has 0 aliphatic heterocycles. The summed E-state index contributed by atoms with van der Waals surface area (Å²) in [5.74, 6) is 0.0420. The van der Waals surface area contributed by atoms with Crippen LogP contribution in [-0.4, -0.2) is 32.6 Å². The van der Waals surface area contributed by atoms with Crippen molar-refractivity contribution >= 4 is 35.1 Å². The zero-order chi connectivity index (χ0) is 17.5. The Morgan fingerprint density at radius 2 is 2.04 bits per heavy atom. The second-order valence-electron chi connectivity index (χ2n) is 5.00. The number of rotatable bonds is 6. The zero-order valence-electron chi connectivity index (χ0n) is 13.3. The molecule has 0 fully saturated rings. The van der Waals surface area contributed by atoms with Crippen LogP contribution < -0.4 is 10.6 Å². The molecule has 0 aliphatic carbocycles. The van der Waals surface area contributed by atoms with Gasteiger partial charge in [0.1, 0.15) is 17.5 Å². The van der Waals surface area contributed by atoms with Crippen molar-refractivity contribution in [1.82, 2.24) is 9.78 Å². The molecule has 124 valence electrons. The Morgan fingerprint density at radius 3 is 2.71 bits per heavy atom. The molecule has 0 radical (unpaired) electrons. The van der Waals surface area contributed by atoms with Gasteiger partial charge in [-0.05, 0) is 19.1 Å². The molecule has 0 aliphatic rings. The standard InChI is InChI=1S/C16H17N5O2S/c1-11(16(23)20-15-12(8-17)9-18-21(15)2)24-10-14(22)19-13-6-4-3-5-7-13/h3-7,9,11H,10H2,1-2H3,(H,19,22)(H,20,23). The van der Waals surface area contributed by atoms with Gasteiger partial charge in [0, 0.05) is 12.7 Å². The minimum atomic E-state index is -0.451. The fourth-order valence-corrected chi connectivity index (χ4v) is 2.56. The predicted octanol–water partition coefficient (Wildman–Crippen LogP) is 1.99. The molecule has 2 rings (SSSR count). The number of hydrogen-bond acceptors (Lipinski definition) is 5. The molecule has 1 heterocycles. The van der Waals surface area contributed by atoms with E-state index in [1.54, 1.807) is 26.1 Å². The van der Waals surface area contributed by atoms with Gasteiger partial charge in [-0.1, -0.05) is 18.2 Å². The van der Waals surface area contributed by atoms with Crippen molar-refractivity contribution in [2.75, 3.05) is 16.4 Å². The molecule has 8 heteroatoms. The number of amides is 2. The molecule has 2 N–H and O–H groups in total.